The number of nitrogens with zero attached hydrogens (tertiary/aromatic N) is 2. The van der Waals surface area contributed by atoms with Gasteiger partial charge >= 0.3 is 5.97 Å². The van der Waals surface area contributed by atoms with E-state index in [1.54, 1.807) is 18.2 Å². The lowest BCUT2D eigenvalue weighted by atomic mass is 9.94. The van der Waals surface area contributed by atoms with Crippen molar-refractivity contribution in [3.05, 3.63) is 53.8 Å². The Morgan fingerprint density at radius 2 is 2.00 bits per heavy atom. The molecule has 2 amide bonds. The number of hydrogen-bond donors (Lipinski definition) is 3. The summed E-state index contributed by atoms with van der Waals surface area (Å²) in [6.45, 7) is 8.37. The van der Waals surface area contributed by atoms with Gasteiger partial charge in [-0.2, -0.15) is 0 Å². The molecular formula is C28H40N4O6. The number of hydrogen-bond acceptors (Lipinski definition) is 8. The highest BCUT2D eigenvalue weighted by atomic mass is 16.5. The maximum absolute atomic E-state index is 13.2. The number of aromatic nitrogens is 1. The topological polar surface area (TPSA) is 148 Å². The first-order chi connectivity index (χ1) is 18.0. The Balaban J connectivity index is 1.85. The van der Waals surface area contributed by atoms with E-state index in [0.29, 0.717) is 31.8 Å². The molecule has 10 nitrogen and oxygen atoms in total. The third-order valence-electron chi connectivity index (χ3n) is 6.75. The maximum Gasteiger partial charge on any atom is 0.329 e. The molecule has 1 aromatic heterocycles. The van der Waals surface area contributed by atoms with Crippen LogP contribution in [0.2, 0.25) is 0 Å². The van der Waals surface area contributed by atoms with Gasteiger partial charge in [0.25, 0.3) is 5.91 Å². The molecule has 0 spiro atoms. The maximum atomic E-state index is 13.2. The average molecular weight is 529 g/mol. The van der Waals surface area contributed by atoms with Crippen molar-refractivity contribution in [1.82, 2.24) is 15.2 Å². The molecule has 2 aliphatic heterocycles. The van der Waals surface area contributed by atoms with Crippen LogP contribution in [0, 0.1) is 11.8 Å². The van der Waals surface area contributed by atoms with E-state index < -0.39 is 36.2 Å². The third kappa shape index (κ3) is 8.13. The van der Waals surface area contributed by atoms with Crippen LogP contribution in [-0.4, -0.2) is 70.2 Å². The number of cyclic esters (lactones) is 1. The smallest absolute Gasteiger partial charge is 0.329 e. The zero-order valence-corrected chi connectivity index (χ0v) is 22.6. The number of aliphatic hydroxyl groups excluding tert-OH is 1. The van der Waals surface area contributed by atoms with Crippen LogP contribution in [0.1, 0.15) is 63.3 Å². The van der Waals surface area contributed by atoms with Crippen molar-refractivity contribution in [2.24, 2.45) is 17.6 Å². The van der Waals surface area contributed by atoms with E-state index in [9.17, 15) is 19.5 Å². The zero-order chi connectivity index (χ0) is 27.8. The van der Waals surface area contributed by atoms with E-state index in [0.717, 1.165) is 5.57 Å². The minimum Gasteiger partial charge on any atom is -0.460 e. The lowest BCUT2D eigenvalue weighted by Gasteiger charge is -2.29. The van der Waals surface area contributed by atoms with Gasteiger partial charge in [0.2, 0.25) is 5.91 Å². The number of allylic oxidation sites excluding steroid dienone is 2. The van der Waals surface area contributed by atoms with Crippen LogP contribution in [0.4, 0.5) is 0 Å². The summed E-state index contributed by atoms with van der Waals surface area (Å²) in [5.41, 5.74) is 7.12. The monoisotopic (exact) mass is 528 g/mol. The molecule has 3 heterocycles. The second-order valence-corrected chi connectivity index (χ2v) is 10.5. The van der Waals surface area contributed by atoms with E-state index in [1.165, 1.54) is 17.2 Å². The number of nitrogens with one attached hydrogen (secondary N) is 1. The van der Waals surface area contributed by atoms with Crippen LogP contribution < -0.4 is 11.1 Å². The molecule has 0 unspecified atom stereocenters. The molecule has 0 aromatic carbocycles. The predicted molar refractivity (Wildman–Crippen MR) is 142 cm³/mol. The molecule has 2 aliphatic rings. The van der Waals surface area contributed by atoms with Crippen molar-refractivity contribution in [3.63, 3.8) is 0 Å². The van der Waals surface area contributed by atoms with Crippen molar-refractivity contribution in [1.29, 1.82) is 0 Å². The first-order valence-electron chi connectivity index (χ1n) is 13.3. The zero-order valence-electron chi connectivity index (χ0n) is 22.6. The van der Waals surface area contributed by atoms with Gasteiger partial charge in [-0.3, -0.25) is 9.59 Å². The minimum absolute atomic E-state index is 0.00273. The van der Waals surface area contributed by atoms with Gasteiger partial charge in [0.1, 0.15) is 18.4 Å². The summed E-state index contributed by atoms with van der Waals surface area (Å²) in [6.07, 6.45) is 10.2. The van der Waals surface area contributed by atoms with Crippen LogP contribution in [0.25, 0.3) is 0 Å². The second kappa shape index (κ2) is 13.5. The van der Waals surface area contributed by atoms with Gasteiger partial charge in [-0.25, -0.2) is 9.78 Å². The largest absolute Gasteiger partial charge is 0.460 e. The Morgan fingerprint density at radius 1 is 1.24 bits per heavy atom. The first kappa shape index (κ1) is 29.3. The summed E-state index contributed by atoms with van der Waals surface area (Å²) in [7, 11) is 0. The highest BCUT2D eigenvalue weighted by molar-refractivity contribution is 5.95. The number of carbonyl (C=O) groups is 3. The van der Waals surface area contributed by atoms with Crippen LogP contribution in [-0.2, 0) is 20.7 Å². The SMILES string of the molecule is CC1=C\[C@@H](O)C[C@@H](N)Cc2nc(co2)C(=O)N2CCC[C@@H]2C(=O)O[C@H](C(C)C)[C@H](C)/C=C/C(=O)NC\C=C\1. The Labute approximate surface area is 224 Å². The Morgan fingerprint density at radius 3 is 2.74 bits per heavy atom. The van der Waals surface area contributed by atoms with Gasteiger partial charge in [0, 0.05) is 31.5 Å². The van der Waals surface area contributed by atoms with Crippen molar-refractivity contribution < 1.29 is 28.6 Å². The van der Waals surface area contributed by atoms with E-state index in [4.69, 9.17) is 14.9 Å². The van der Waals surface area contributed by atoms with Crippen LogP contribution in [0.3, 0.4) is 0 Å². The van der Waals surface area contributed by atoms with Crippen molar-refractivity contribution >= 4 is 17.8 Å². The normalized spacial score (nSPS) is 31.7. The number of aliphatic hydroxyl groups is 1. The molecule has 5 atom stereocenters. The van der Waals surface area contributed by atoms with Crippen LogP contribution >= 0.6 is 0 Å². The molecule has 1 fully saturated rings. The standard InChI is InChI=1S/C28H40N4O6/c1-17(2)26-19(4)9-10-24(34)30-11-5-7-18(3)13-21(33)14-20(29)15-25-31-22(16-37-25)27(35)32-12-6-8-23(32)28(36)38-26/h5,7,9-10,13,16-17,19-21,23,26,33H,6,8,11-12,14-15,29H2,1-4H3,(H,30,34)/b7-5+,10-9+,18-13+/t19-,20-,21-,23-,26-/m1/s1. The fourth-order valence-electron chi connectivity index (χ4n) is 4.82. The Hall–Kier alpha value is -3.24. The number of amides is 2. The molecule has 4 N–H and O–H groups in total. The highest BCUT2D eigenvalue weighted by Crippen LogP contribution is 2.25. The van der Waals surface area contributed by atoms with E-state index in [2.05, 4.69) is 10.3 Å². The number of rotatable bonds is 1. The van der Waals surface area contributed by atoms with Gasteiger partial charge in [-0.15, -0.1) is 0 Å². The quantitative estimate of drug-likeness (QED) is 0.470. The predicted octanol–water partition coefficient (Wildman–Crippen LogP) is 2.29. The van der Waals surface area contributed by atoms with Gasteiger partial charge in [-0.05, 0) is 38.2 Å². The fourth-order valence-corrected chi connectivity index (χ4v) is 4.82. The van der Waals surface area contributed by atoms with Gasteiger partial charge in [0.15, 0.2) is 11.6 Å². The molecule has 208 valence electrons. The number of ether oxygens (including phenoxy) is 1. The van der Waals surface area contributed by atoms with Crippen molar-refractivity contribution in [2.75, 3.05) is 13.1 Å². The van der Waals surface area contributed by atoms with E-state index >= 15 is 0 Å². The second-order valence-electron chi connectivity index (χ2n) is 10.5. The number of fused-ring (bicyclic) bond motifs is 3. The van der Waals surface area contributed by atoms with Crippen LogP contribution in [0.15, 0.2) is 46.6 Å². The first-order valence-corrected chi connectivity index (χ1v) is 13.3. The molecule has 1 aromatic rings. The lowest BCUT2D eigenvalue weighted by Crippen LogP contribution is -2.44. The minimum atomic E-state index is -0.781. The third-order valence-corrected chi connectivity index (χ3v) is 6.75. The molecule has 38 heavy (non-hydrogen) atoms. The average Bonchev–Trinajstić information content (AvgIpc) is 3.52. The molecule has 3 rings (SSSR count). The number of oxazole rings is 1. The summed E-state index contributed by atoms with van der Waals surface area (Å²) >= 11 is 0. The molecule has 0 aliphatic carbocycles. The van der Waals surface area contributed by atoms with Gasteiger partial charge < -0.3 is 30.2 Å². The van der Waals surface area contributed by atoms with Crippen molar-refractivity contribution in [2.45, 2.75) is 77.7 Å². The van der Waals surface area contributed by atoms with E-state index in [-0.39, 0.29) is 36.3 Å². The highest BCUT2D eigenvalue weighted by Gasteiger charge is 2.38. The fraction of sp³-hybridized carbons (Fsp3) is 0.571. The number of esters is 1. The molecule has 0 saturated carbocycles. The molecular weight excluding hydrogens is 488 g/mol. The van der Waals surface area contributed by atoms with Crippen LogP contribution in [0.5, 0.6) is 0 Å². The summed E-state index contributed by atoms with van der Waals surface area (Å²) in [6, 6.07) is -1.17. The summed E-state index contributed by atoms with van der Waals surface area (Å²) in [5.74, 6) is -1.06. The summed E-state index contributed by atoms with van der Waals surface area (Å²) in [4.78, 5) is 44.5. The summed E-state index contributed by atoms with van der Waals surface area (Å²) < 4.78 is 11.4. The molecule has 2 bridgehead atoms. The van der Waals surface area contributed by atoms with Gasteiger partial charge in [-0.1, -0.05) is 50.6 Å². The summed E-state index contributed by atoms with van der Waals surface area (Å²) in [5, 5.41) is 13.2. The van der Waals surface area contributed by atoms with E-state index in [1.807, 2.05) is 33.8 Å². The molecule has 0 radical (unpaired) electrons. The number of nitrogens with two attached hydrogens (primary N) is 1. The molecule has 10 heteroatoms. The van der Waals surface area contributed by atoms with Gasteiger partial charge in [0.05, 0.1) is 6.10 Å². The Bertz CT molecular complexity index is 1080. The number of carbonyl (C=O) groups excluding carboxylic acids is 3. The Kier molecular flexibility index (Phi) is 10.4. The van der Waals surface area contributed by atoms with Crippen molar-refractivity contribution in [3.8, 4) is 0 Å². The molecule has 1 saturated heterocycles. The lowest BCUT2D eigenvalue weighted by molar-refractivity contribution is -0.158.